The van der Waals surface area contributed by atoms with E-state index in [1.807, 2.05) is 80.8 Å². The summed E-state index contributed by atoms with van der Waals surface area (Å²) in [7, 11) is 1.29. The summed E-state index contributed by atoms with van der Waals surface area (Å²) in [6.45, 7) is 18.5. The molecule has 3 aromatic heterocycles. The molecule has 7 atom stereocenters. The fraction of sp³-hybridized carbons (Fsp3) is 0.520. The molecular formula is C75H93ClFN11O17S2. The molecule has 3 aromatic carbocycles. The van der Waals surface area contributed by atoms with Gasteiger partial charge in [-0.05, 0) is 87.4 Å². The number of piperidine rings is 1. The number of carbonyl (C=O) groups is 8. The first-order valence-electron chi connectivity index (χ1n) is 35.5. The second kappa shape index (κ2) is 36.7. The van der Waals surface area contributed by atoms with Crippen LogP contribution in [0.25, 0.3) is 15.4 Å². The van der Waals surface area contributed by atoms with E-state index in [1.165, 1.54) is 18.0 Å². The van der Waals surface area contributed by atoms with Crippen molar-refractivity contribution in [2.75, 3.05) is 125 Å². The summed E-state index contributed by atoms with van der Waals surface area (Å²) in [4.78, 5) is 122. The van der Waals surface area contributed by atoms with Crippen LogP contribution >= 0.6 is 34.3 Å². The van der Waals surface area contributed by atoms with Gasteiger partial charge in [0.05, 0.1) is 143 Å². The van der Waals surface area contributed by atoms with Crippen molar-refractivity contribution in [3.8, 4) is 15.4 Å². The van der Waals surface area contributed by atoms with Crippen LogP contribution in [0.4, 0.5) is 10.1 Å². The number of imide groups is 2. The van der Waals surface area contributed by atoms with E-state index in [4.69, 9.17) is 54.5 Å². The predicted molar refractivity (Wildman–Crippen MR) is 395 cm³/mol. The first-order chi connectivity index (χ1) is 51.1. The van der Waals surface area contributed by atoms with Gasteiger partial charge >= 0.3 is 5.97 Å². The van der Waals surface area contributed by atoms with Gasteiger partial charge in [-0.1, -0.05) is 75.7 Å². The average Bonchev–Trinajstić information content (AvgIpc) is 1.62. The Morgan fingerprint density at radius 2 is 1.37 bits per heavy atom. The number of nitrogens with zero attached hydrogens (tertiary/aromatic N) is 8. The summed E-state index contributed by atoms with van der Waals surface area (Å²) < 4.78 is 64.0. The van der Waals surface area contributed by atoms with Gasteiger partial charge in [-0.25, -0.2) is 9.37 Å². The minimum absolute atomic E-state index is 0.00568. The number of fused-ring (bicyclic) bond motifs is 4. The fourth-order valence-electron chi connectivity index (χ4n) is 12.9. The number of β-amino-alcohol motifs (C(OH)–C–C–N with tert-alkyl or cyclic N) is 1. The largest absolute Gasteiger partial charge is 0.463 e. The van der Waals surface area contributed by atoms with Crippen molar-refractivity contribution in [3.05, 3.63) is 133 Å². The van der Waals surface area contributed by atoms with E-state index in [9.17, 15) is 43.5 Å². The van der Waals surface area contributed by atoms with E-state index in [1.54, 1.807) is 49.0 Å². The number of thiazole rings is 1. The Labute approximate surface area is 633 Å². The first-order valence-corrected chi connectivity index (χ1v) is 37.6. The van der Waals surface area contributed by atoms with E-state index in [2.05, 4.69) is 45.0 Å². The van der Waals surface area contributed by atoms with Crippen LogP contribution in [0.5, 0.6) is 0 Å². The fourth-order valence-corrected chi connectivity index (χ4v) is 15.1. The van der Waals surface area contributed by atoms with Crippen molar-refractivity contribution in [1.82, 2.24) is 45.1 Å². The van der Waals surface area contributed by atoms with Crippen LogP contribution in [0.15, 0.2) is 71.2 Å². The van der Waals surface area contributed by atoms with Gasteiger partial charge in [0.2, 0.25) is 23.6 Å². The number of rotatable bonds is 37. The maximum absolute atomic E-state index is 15.2. The molecule has 0 spiro atoms. The molecule has 32 heteroatoms. The molecule has 4 aliphatic heterocycles. The zero-order chi connectivity index (χ0) is 76.9. The van der Waals surface area contributed by atoms with E-state index in [-0.39, 0.29) is 148 Å². The van der Waals surface area contributed by atoms with Gasteiger partial charge in [-0.2, -0.15) is 0 Å². The summed E-state index contributed by atoms with van der Waals surface area (Å²) in [5.41, 5.74) is 6.24. The number of thiophene rings is 1. The molecule has 0 saturated carbocycles. The molecule has 4 N–H and O–H groups in total. The topological polar surface area (TPSA) is 332 Å². The Kier molecular flexibility index (Phi) is 27.9. The molecule has 28 nitrogen and oxygen atoms in total. The third-order valence-corrected chi connectivity index (χ3v) is 21.3. The summed E-state index contributed by atoms with van der Waals surface area (Å²) in [6, 6.07) is 13.1. The molecule has 7 amide bonds. The van der Waals surface area contributed by atoms with E-state index in [0.717, 1.165) is 69.8 Å². The van der Waals surface area contributed by atoms with Gasteiger partial charge in [0.15, 0.2) is 5.82 Å². The lowest BCUT2D eigenvalue weighted by Crippen LogP contribution is -2.58. The zero-order valence-corrected chi connectivity index (χ0v) is 64.2. The van der Waals surface area contributed by atoms with Crippen molar-refractivity contribution >= 4 is 93.0 Å². The highest BCUT2D eigenvalue weighted by atomic mass is 35.5. The first kappa shape index (κ1) is 81.2. The van der Waals surface area contributed by atoms with Gasteiger partial charge in [-0.15, -0.1) is 32.9 Å². The number of likely N-dealkylation sites (tertiary alicyclic amines) is 2. The van der Waals surface area contributed by atoms with E-state index >= 15 is 4.39 Å². The van der Waals surface area contributed by atoms with Crippen LogP contribution < -0.4 is 16.0 Å². The lowest BCUT2D eigenvalue weighted by atomic mass is 9.85. The second-order valence-electron chi connectivity index (χ2n) is 28.2. The van der Waals surface area contributed by atoms with Gasteiger partial charge in [0.1, 0.15) is 54.0 Å². The highest BCUT2D eigenvalue weighted by Gasteiger charge is 2.48. The van der Waals surface area contributed by atoms with Crippen LogP contribution in [0.1, 0.15) is 138 Å². The maximum Gasteiger partial charge on any atom is 0.308 e. The van der Waals surface area contributed by atoms with Crippen molar-refractivity contribution < 1.29 is 85.7 Å². The lowest BCUT2D eigenvalue weighted by Gasteiger charge is -2.35. The number of ether oxygens (including phenoxy) is 8. The molecule has 2 fully saturated rings. The number of aromatic nitrogens is 4. The molecule has 107 heavy (non-hydrogen) atoms. The molecule has 10 rings (SSSR count). The van der Waals surface area contributed by atoms with Crippen molar-refractivity contribution in [3.63, 3.8) is 0 Å². The van der Waals surface area contributed by atoms with Gasteiger partial charge in [-0.3, -0.25) is 57.7 Å². The number of aliphatic imine (C=N–C) groups is 1. The third kappa shape index (κ3) is 20.1. The molecule has 0 bridgehead atoms. The number of benzene rings is 3. The number of carbonyl (C=O) groups excluding carboxylic acids is 8. The average molecular weight is 1540 g/mol. The van der Waals surface area contributed by atoms with Crippen LogP contribution in [0.2, 0.25) is 5.02 Å². The number of hydrogen-bond acceptors (Lipinski definition) is 24. The van der Waals surface area contributed by atoms with Crippen molar-refractivity contribution in [2.45, 2.75) is 124 Å². The Balaban J connectivity index is 0.664. The smallest absolute Gasteiger partial charge is 0.308 e. The predicted octanol–water partition coefficient (Wildman–Crippen LogP) is 7.65. The second-order valence-corrected chi connectivity index (χ2v) is 30.7. The molecule has 576 valence electrons. The molecule has 4 aliphatic rings. The van der Waals surface area contributed by atoms with Crippen LogP contribution in [-0.2, 0) is 66.7 Å². The number of hydrogen-bond donors (Lipinski definition) is 4. The minimum Gasteiger partial charge on any atom is -0.463 e. The van der Waals surface area contributed by atoms with Gasteiger partial charge in [0, 0.05) is 59.4 Å². The number of amides is 7. The number of halogens is 2. The number of aryl methyl sites for hydroxylation is 3. The molecule has 6 aromatic rings. The molecular weight excluding hydrogens is 1450 g/mol. The van der Waals surface area contributed by atoms with Gasteiger partial charge < -0.3 is 63.9 Å². The van der Waals surface area contributed by atoms with Crippen LogP contribution in [0, 0.1) is 44.3 Å². The Morgan fingerprint density at radius 1 is 0.766 bits per heavy atom. The number of anilines is 1. The third-order valence-electron chi connectivity index (χ3n) is 18.8. The lowest BCUT2D eigenvalue weighted by molar-refractivity contribution is -0.150. The molecule has 2 unspecified atom stereocenters. The van der Waals surface area contributed by atoms with Crippen molar-refractivity contribution in [1.29, 1.82) is 0 Å². The van der Waals surface area contributed by atoms with E-state index in [0.29, 0.717) is 16.7 Å². The van der Waals surface area contributed by atoms with Crippen molar-refractivity contribution in [2.24, 2.45) is 15.8 Å². The number of likely N-dealkylation sites (N-methyl/N-ethyl adjacent to an activating group) is 1. The monoisotopic (exact) mass is 1540 g/mol. The van der Waals surface area contributed by atoms with Crippen LogP contribution in [0.3, 0.4) is 0 Å². The maximum atomic E-state index is 15.2. The minimum atomic E-state index is -1.17. The molecule has 0 aliphatic carbocycles. The molecule has 2 saturated heterocycles. The highest BCUT2D eigenvalue weighted by molar-refractivity contribution is 7.15. The summed E-state index contributed by atoms with van der Waals surface area (Å²) in [5, 5.41) is 30.0. The van der Waals surface area contributed by atoms with Gasteiger partial charge in [0.25, 0.3) is 17.7 Å². The molecule has 0 radical (unpaired) electrons. The summed E-state index contributed by atoms with van der Waals surface area (Å²) in [6.07, 6.45) is -1.08. The highest BCUT2D eigenvalue weighted by Crippen LogP contribution is 2.41. The number of nitrogens with one attached hydrogen (secondary N) is 3. The SMILES string of the molecule is Cc1ncsc1-c1ccc([C@H](C)NC(=O)[C@@H]2C[C@H](O)CN2C(=O)[C@@H](NC(=O)COCC(C)(COCCOCCOCCNc2cc3c(cc2F)C(=O)N(C2CCC(=O)N(C)C2=O)C3=O)COCCOCCOCCOC(=O)C[C@@H]2N=C(c3ccc(Cl)cc3)c3c(sc(C)c3C)-n3c(C)nnc32)C(C)(C)C)cc1. The normalized spacial score (nSPS) is 18.4. The summed E-state index contributed by atoms with van der Waals surface area (Å²) in [5.74, 6) is -4.26. The standard InChI is InChI=1S/C75H93ClFN11O17S2/c1-43-46(4)107-73-63(43)64(49-15-17-51(76)18-16-49)81-57(67-84-83-47(5)87(67)73)36-62(92)105-32-31-101-26-25-100-28-30-103-40-75(9,39-102-29-27-99-24-23-98-22-21-78-56-35-54-53(34-55(56)77)69(94)88(70(54)95)58-19-20-61(91)85(10)71(58)96)41-104-38-60(90)82-66(74(6,7)8)72(97)86-37-52(89)33-59(86)68(93)80-44(2)48-11-13-50(14-12-48)65-45(3)79-42-106-65/h11-18,34-35,42,44,52,57-59,66,78,89H,19-33,36-41H2,1-10H3,(H,80,93)(H,82,90)/t44-,52-,57-,58?,59-,66+,75?/m0/s1. The van der Waals surface area contributed by atoms with E-state index < -0.39 is 107 Å². The quantitative estimate of drug-likeness (QED) is 0.0165. The Bertz CT molecular complexity index is 4220. The van der Waals surface area contributed by atoms with Crippen LogP contribution in [-0.4, -0.2) is 236 Å². The molecule has 7 heterocycles. The number of aliphatic hydroxyl groups is 1. The number of esters is 1. The Morgan fingerprint density at radius 3 is 2.01 bits per heavy atom. The zero-order valence-electron chi connectivity index (χ0n) is 61.8. The summed E-state index contributed by atoms with van der Waals surface area (Å²) >= 11 is 9.44. The number of aliphatic hydroxyl groups excluding tert-OH is 1. The Hall–Kier alpha value is -8.34.